The van der Waals surface area contributed by atoms with E-state index in [-0.39, 0.29) is 17.3 Å². The Labute approximate surface area is 114 Å². The summed E-state index contributed by atoms with van der Waals surface area (Å²) in [5, 5.41) is 4.08. The van der Waals surface area contributed by atoms with Gasteiger partial charge < -0.3 is 10.3 Å². The van der Waals surface area contributed by atoms with Gasteiger partial charge in [-0.25, -0.2) is 4.79 Å². The SMILES string of the molecule is O=c1[nH]c2c(Cl)cccc2c(=O)n1C1CCNCC1. The van der Waals surface area contributed by atoms with Crippen LogP contribution in [0.4, 0.5) is 0 Å². The van der Waals surface area contributed by atoms with Gasteiger partial charge in [0.05, 0.1) is 15.9 Å². The highest BCUT2D eigenvalue weighted by Gasteiger charge is 2.20. The molecule has 5 nitrogen and oxygen atoms in total. The summed E-state index contributed by atoms with van der Waals surface area (Å²) in [5.41, 5.74) is -0.213. The zero-order chi connectivity index (χ0) is 13.4. The second kappa shape index (κ2) is 4.83. The molecule has 100 valence electrons. The van der Waals surface area contributed by atoms with Crippen molar-refractivity contribution in [3.63, 3.8) is 0 Å². The van der Waals surface area contributed by atoms with Crippen LogP contribution >= 0.6 is 11.6 Å². The molecule has 0 spiro atoms. The smallest absolute Gasteiger partial charge is 0.317 e. The number of piperidine rings is 1. The van der Waals surface area contributed by atoms with Crippen molar-refractivity contribution in [1.82, 2.24) is 14.9 Å². The van der Waals surface area contributed by atoms with Gasteiger partial charge in [0.15, 0.2) is 0 Å². The largest absolute Gasteiger partial charge is 0.329 e. The van der Waals surface area contributed by atoms with Gasteiger partial charge in [0.2, 0.25) is 0 Å². The van der Waals surface area contributed by atoms with Crippen molar-refractivity contribution in [2.45, 2.75) is 18.9 Å². The highest BCUT2D eigenvalue weighted by Crippen LogP contribution is 2.19. The van der Waals surface area contributed by atoms with Crippen LogP contribution in [0.3, 0.4) is 0 Å². The van der Waals surface area contributed by atoms with Gasteiger partial charge in [0.1, 0.15) is 0 Å². The topological polar surface area (TPSA) is 66.9 Å². The van der Waals surface area contributed by atoms with Crippen LogP contribution in [0.5, 0.6) is 0 Å². The number of rotatable bonds is 1. The van der Waals surface area contributed by atoms with Crippen molar-refractivity contribution < 1.29 is 0 Å². The van der Waals surface area contributed by atoms with Crippen LogP contribution in [-0.4, -0.2) is 22.6 Å². The summed E-state index contributed by atoms with van der Waals surface area (Å²) in [6.45, 7) is 1.65. The van der Waals surface area contributed by atoms with Crippen molar-refractivity contribution in [2.24, 2.45) is 0 Å². The summed E-state index contributed by atoms with van der Waals surface area (Å²) in [6.07, 6.45) is 1.57. The predicted octanol–water partition coefficient (Wildman–Crippen LogP) is 1.27. The molecular weight excluding hydrogens is 266 g/mol. The molecule has 1 aliphatic rings. The van der Waals surface area contributed by atoms with Crippen molar-refractivity contribution in [2.75, 3.05) is 13.1 Å². The van der Waals surface area contributed by atoms with Crippen LogP contribution in [0.1, 0.15) is 18.9 Å². The summed E-state index contributed by atoms with van der Waals surface area (Å²) in [6, 6.07) is 5.03. The Morgan fingerprint density at radius 2 is 1.95 bits per heavy atom. The van der Waals surface area contributed by atoms with E-state index in [1.165, 1.54) is 4.57 Å². The van der Waals surface area contributed by atoms with E-state index in [1.54, 1.807) is 18.2 Å². The Kier molecular flexibility index (Phi) is 3.16. The third-order valence-corrected chi connectivity index (χ3v) is 3.90. The molecule has 0 atom stereocenters. The maximum atomic E-state index is 12.5. The van der Waals surface area contributed by atoms with E-state index in [0.29, 0.717) is 15.9 Å². The van der Waals surface area contributed by atoms with Crippen molar-refractivity contribution in [1.29, 1.82) is 0 Å². The molecule has 0 saturated carbocycles. The Morgan fingerprint density at radius 1 is 1.21 bits per heavy atom. The zero-order valence-electron chi connectivity index (χ0n) is 10.3. The molecule has 1 saturated heterocycles. The number of fused-ring (bicyclic) bond motifs is 1. The van der Waals surface area contributed by atoms with Crippen molar-refractivity contribution >= 4 is 22.5 Å². The van der Waals surface area contributed by atoms with Gasteiger partial charge in [-0.05, 0) is 38.1 Å². The number of halogens is 1. The molecule has 1 aromatic heterocycles. The van der Waals surface area contributed by atoms with Gasteiger partial charge in [-0.3, -0.25) is 9.36 Å². The lowest BCUT2D eigenvalue weighted by atomic mass is 10.1. The molecule has 2 aromatic rings. The molecule has 0 radical (unpaired) electrons. The fraction of sp³-hybridized carbons (Fsp3) is 0.385. The molecule has 6 heteroatoms. The maximum Gasteiger partial charge on any atom is 0.329 e. The average molecular weight is 280 g/mol. The first kappa shape index (κ1) is 12.4. The van der Waals surface area contributed by atoms with Crippen LogP contribution in [0.2, 0.25) is 5.02 Å². The summed E-state index contributed by atoms with van der Waals surface area (Å²) in [7, 11) is 0. The van der Waals surface area contributed by atoms with Gasteiger partial charge in [-0.2, -0.15) is 0 Å². The monoisotopic (exact) mass is 279 g/mol. The molecule has 2 heterocycles. The number of H-pyrrole nitrogens is 1. The molecule has 3 rings (SSSR count). The molecule has 0 amide bonds. The fourth-order valence-electron chi connectivity index (χ4n) is 2.62. The zero-order valence-corrected chi connectivity index (χ0v) is 11.0. The van der Waals surface area contributed by atoms with E-state index >= 15 is 0 Å². The summed E-state index contributed by atoms with van der Waals surface area (Å²) in [5.74, 6) is 0. The lowest BCUT2D eigenvalue weighted by Gasteiger charge is -2.24. The molecule has 0 aliphatic carbocycles. The first-order valence-electron chi connectivity index (χ1n) is 6.32. The van der Waals surface area contributed by atoms with E-state index in [4.69, 9.17) is 11.6 Å². The van der Waals surface area contributed by atoms with Crippen LogP contribution < -0.4 is 16.6 Å². The average Bonchev–Trinajstić information content (AvgIpc) is 2.41. The Bertz CT molecular complexity index is 729. The molecule has 1 aromatic carbocycles. The molecule has 19 heavy (non-hydrogen) atoms. The molecular formula is C13H14ClN3O2. The van der Waals surface area contributed by atoms with E-state index < -0.39 is 0 Å². The number of hydrogen-bond acceptors (Lipinski definition) is 3. The normalized spacial score (nSPS) is 16.9. The van der Waals surface area contributed by atoms with Gasteiger partial charge in [-0.15, -0.1) is 0 Å². The Hall–Kier alpha value is -1.59. The maximum absolute atomic E-state index is 12.5. The van der Waals surface area contributed by atoms with Crippen molar-refractivity contribution in [3.8, 4) is 0 Å². The van der Waals surface area contributed by atoms with Crippen LogP contribution in [0.15, 0.2) is 27.8 Å². The number of aromatic nitrogens is 2. The van der Waals surface area contributed by atoms with Crippen LogP contribution in [0, 0.1) is 0 Å². The number of para-hydroxylation sites is 1. The Balaban J connectivity index is 2.26. The highest BCUT2D eigenvalue weighted by atomic mass is 35.5. The number of nitrogens with one attached hydrogen (secondary N) is 2. The second-order valence-electron chi connectivity index (χ2n) is 4.75. The van der Waals surface area contributed by atoms with Gasteiger partial charge in [0, 0.05) is 6.04 Å². The van der Waals surface area contributed by atoms with Crippen molar-refractivity contribution in [3.05, 3.63) is 44.1 Å². The van der Waals surface area contributed by atoms with Gasteiger partial charge in [-0.1, -0.05) is 17.7 Å². The minimum Gasteiger partial charge on any atom is -0.317 e. The highest BCUT2D eigenvalue weighted by molar-refractivity contribution is 6.34. The number of hydrogen-bond donors (Lipinski definition) is 2. The third-order valence-electron chi connectivity index (χ3n) is 3.59. The summed E-state index contributed by atoms with van der Waals surface area (Å²) in [4.78, 5) is 27.3. The van der Waals surface area contributed by atoms with E-state index in [9.17, 15) is 9.59 Å². The summed E-state index contributed by atoms with van der Waals surface area (Å²) < 4.78 is 1.33. The summed E-state index contributed by atoms with van der Waals surface area (Å²) >= 11 is 6.01. The van der Waals surface area contributed by atoms with Crippen LogP contribution in [-0.2, 0) is 0 Å². The quantitative estimate of drug-likeness (QED) is 0.826. The number of nitrogens with zero attached hydrogens (tertiary/aromatic N) is 1. The number of aromatic amines is 1. The van der Waals surface area contributed by atoms with Crippen LogP contribution in [0.25, 0.3) is 10.9 Å². The van der Waals surface area contributed by atoms with E-state index in [2.05, 4.69) is 10.3 Å². The minimum absolute atomic E-state index is 0.0409. The molecule has 0 bridgehead atoms. The minimum atomic E-state index is -0.377. The number of benzene rings is 1. The first-order chi connectivity index (χ1) is 9.18. The molecule has 1 aliphatic heterocycles. The van der Waals surface area contributed by atoms with E-state index in [1.807, 2.05) is 0 Å². The first-order valence-corrected chi connectivity index (χ1v) is 6.70. The fourth-order valence-corrected chi connectivity index (χ4v) is 2.84. The lowest BCUT2D eigenvalue weighted by molar-refractivity contribution is 0.352. The molecule has 2 N–H and O–H groups in total. The standard InChI is InChI=1S/C13H14ClN3O2/c14-10-3-1-2-9-11(10)16-13(19)17(12(9)18)8-4-6-15-7-5-8/h1-3,8,15H,4-7H2,(H,16,19). The molecule has 0 unspecified atom stereocenters. The molecule has 1 fully saturated rings. The van der Waals surface area contributed by atoms with Gasteiger partial charge >= 0.3 is 5.69 Å². The van der Waals surface area contributed by atoms with E-state index in [0.717, 1.165) is 25.9 Å². The third kappa shape index (κ3) is 2.09. The predicted molar refractivity (Wildman–Crippen MR) is 75.0 cm³/mol. The lowest BCUT2D eigenvalue weighted by Crippen LogP contribution is -2.42. The Morgan fingerprint density at radius 3 is 2.68 bits per heavy atom. The van der Waals surface area contributed by atoms with Gasteiger partial charge in [0.25, 0.3) is 5.56 Å². The second-order valence-corrected chi connectivity index (χ2v) is 5.16.